The van der Waals surface area contributed by atoms with Crippen LogP contribution in [0, 0.1) is 0 Å². The van der Waals surface area contributed by atoms with Gasteiger partial charge in [0, 0.05) is 12.5 Å². The van der Waals surface area contributed by atoms with E-state index in [1.807, 2.05) is 54.6 Å². The van der Waals surface area contributed by atoms with Crippen LogP contribution in [0.5, 0.6) is 11.5 Å². The second kappa shape index (κ2) is 9.93. The van der Waals surface area contributed by atoms with Crippen molar-refractivity contribution in [2.24, 2.45) is 0 Å². The summed E-state index contributed by atoms with van der Waals surface area (Å²) in [5.74, 6) is 1.32. The lowest BCUT2D eigenvalue weighted by Gasteiger charge is -2.20. The highest BCUT2D eigenvalue weighted by atomic mass is 16.5. The number of Topliss-reactive ketones (excluding diaryl/α,β-unsaturated/α-hetero) is 1. The van der Waals surface area contributed by atoms with Gasteiger partial charge in [-0.25, -0.2) is 0 Å². The molecule has 0 unspecified atom stereocenters. The first-order chi connectivity index (χ1) is 12.8. The predicted molar refractivity (Wildman–Crippen MR) is 110 cm³/mol. The number of benzene rings is 2. The Morgan fingerprint density at radius 1 is 1.00 bits per heavy atom. The van der Waals surface area contributed by atoms with E-state index in [1.165, 1.54) is 6.92 Å². The molecule has 0 amide bonds. The first kappa shape index (κ1) is 20.7. The Balaban J connectivity index is 2.03. The predicted octanol–water partition coefficient (Wildman–Crippen LogP) is 4.85. The smallest absolute Gasteiger partial charge is 0.194 e. The van der Waals surface area contributed by atoms with Crippen LogP contribution in [0.25, 0.3) is 6.08 Å². The van der Waals surface area contributed by atoms with Gasteiger partial charge in [0.05, 0.1) is 6.61 Å². The molecule has 0 aliphatic carbocycles. The fourth-order valence-electron chi connectivity index (χ4n) is 2.39. The first-order valence-electron chi connectivity index (χ1n) is 9.27. The van der Waals surface area contributed by atoms with Crippen LogP contribution < -0.4 is 14.8 Å². The number of para-hydroxylation sites is 2. The molecule has 144 valence electrons. The summed E-state index contributed by atoms with van der Waals surface area (Å²) in [5.41, 5.74) is 1.01. The normalized spacial score (nSPS) is 11.9. The molecule has 2 rings (SSSR count). The summed E-state index contributed by atoms with van der Waals surface area (Å²) in [4.78, 5) is 12.0. The maximum absolute atomic E-state index is 12.0. The van der Waals surface area contributed by atoms with Gasteiger partial charge in [-0.2, -0.15) is 0 Å². The van der Waals surface area contributed by atoms with Crippen molar-refractivity contribution in [2.45, 2.75) is 39.7 Å². The molecule has 0 aliphatic rings. The van der Waals surface area contributed by atoms with Gasteiger partial charge in [-0.1, -0.05) is 42.5 Å². The van der Waals surface area contributed by atoms with E-state index in [9.17, 15) is 4.79 Å². The molecule has 0 aromatic heterocycles. The Hall–Kier alpha value is -2.59. The van der Waals surface area contributed by atoms with E-state index in [0.29, 0.717) is 18.1 Å². The maximum Gasteiger partial charge on any atom is 0.194 e. The van der Waals surface area contributed by atoms with E-state index in [2.05, 4.69) is 26.1 Å². The molecule has 27 heavy (non-hydrogen) atoms. The van der Waals surface area contributed by atoms with Crippen LogP contribution in [-0.2, 0) is 4.79 Å². The molecule has 0 radical (unpaired) electrons. The zero-order valence-electron chi connectivity index (χ0n) is 16.6. The van der Waals surface area contributed by atoms with Crippen LogP contribution in [-0.4, -0.2) is 24.5 Å². The summed E-state index contributed by atoms with van der Waals surface area (Å²) < 4.78 is 11.8. The average Bonchev–Trinajstić information content (AvgIpc) is 2.62. The molecular formula is C23H29NO3. The second-order valence-corrected chi connectivity index (χ2v) is 7.40. The molecule has 0 saturated carbocycles. The number of carbonyl (C=O) groups is 1. The Bertz CT molecular complexity index is 761. The fraction of sp³-hybridized carbons (Fsp3) is 0.348. The van der Waals surface area contributed by atoms with Crippen LogP contribution in [0.3, 0.4) is 0 Å². The van der Waals surface area contributed by atoms with Gasteiger partial charge in [0.25, 0.3) is 0 Å². The lowest BCUT2D eigenvalue weighted by molar-refractivity contribution is -0.115. The van der Waals surface area contributed by atoms with Gasteiger partial charge in [0.2, 0.25) is 0 Å². The third-order valence-corrected chi connectivity index (χ3v) is 3.75. The SMILES string of the molecule is CC(=O)/C(=C\c1ccccc1)Oc1ccccc1OCCCNC(C)(C)C. The molecule has 0 bridgehead atoms. The summed E-state index contributed by atoms with van der Waals surface area (Å²) in [7, 11) is 0. The molecule has 0 heterocycles. The topological polar surface area (TPSA) is 47.6 Å². The van der Waals surface area contributed by atoms with Gasteiger partial charge in [-0.05, 0) is 57.5 Å². The van der Waals surface area contributed by atoms with Gasteiger partial charge in [-0.15, -0.1) is 0 Å². The largest absolute Gasteiger partial charge is 0.490 e. The first-order valence-corrected chi connectivity index (χ1v) is 9.27. The van der Waals surface area contributed by atoms with Crippen LogP contribution in [0.1, 0.15) is 39.7 Å². The second-order valence-electron chi connectivity index (χ2n) is 7.40. The van der Waals surface area contributed by atoms with Gasteiger partial charge < -0.3 is 14.8 Å². The van der Waals surface area contributed by atoms with E-state index in [-0.39, 0.29) is 17.1 Å². The van der Waals surface area contributed by atoms with E-state index in [4.69, 9.17) is 9.47 Å². The lowest BCUT2D eigenvalue weighted by atomic mass is 10.1. The van der Waals surface area contributed by atoms with Crippen molar-refractivity contribution in [1.29, 1.82) is 0 Å². The molecule has 1 N–H and O–H groups in total. The van der Waals surface area contributed by atoms with Crippen molar-refractivity contribution in [3.8, 4) is 11.5 Å². The van der Waals surface area contributed by atoms with Crippen LogP contribution in [0.4, 0.5) is 0 Å². The number of ketones is 1. The molecular weight excluding hydrogens is 338 g/mol. The molecule has 4 nitrogen and oxygen atoms in total. The molecule has 2 aromatic rings. The Kier molecular flexibility index (Phi) is 7.62. The highest BCUT2D eigenvalue weighted by molar-refractivity contribution is 5.96. The van der Waals surface area contributed by atoms with E-state index < -0.39 is 0 Å². The zero-order chi connectivity index (χ0) is 19.7. The van der Waals surface area contributed by atoms with Gasteiger partial charge in [0.1, 0.15) is 0 Å². The molecule has 0 saturated heterocycles. The molecule has 0 fully saturated rings. The minimum atomic E-state index is -0.136. The Morgan fingerprint density at radius 2 is 1.63 bits per heavy atom. The summed E-state index contributed by atoms with van der Waals surface area (Å²) in [6.45, 7) is 9.36. The summed E-state index contributed by atoms with van der Waals surface area (Å²) >= 11 is 0. The zero-order valence-corrected chi connectivity index (χ0v) is 16.6. The monoisotopic (exact) mass is 367 g/mol. The van der Waals surface area contributed by atoms with E-state index in [1.54, 1.807) is 6.08 Å². The number of nitrogens with one attached hydrogen (secondary N) is 1. The quantitative estimate of drug-likeness (QED) is 0.391. The van der Waals surface area contributed by atoms with Crippen LogP contribution in [0.15, 0.2) is 60.4 Å². The molecule has 0 atom stereocenters. The van der Waals surface area contributed by atoms with Gasteiger partial charge in [-0.3, -0.25) is 4.79 Å². The number of carbonyl (C=O) groups excluding carboxylic acids is 1. The Morgan fingerprint density at radius 3 is 2.26 bits per heavy atom. The van der Waals surface area contributed by atoms with Crippen molar-refractivity contribution >= 4 is 11.9 Å². The highest BCUT2D eigenvalue weighted by Gasteiger charge is 2.12. The molecule has 4 heteroatoms. The van der Waals surface area contributed by atoms with Crippen LogP contribution >= 0.6 is 0 Å². The van der Waals surface area contributed by atoms with E-state index in [0.717, 1.165) is 18.5 Å². The van der Waals surface area contributed by atoms with Crippen molar-refractivity contribution in [2.75, 3.05) is 13.2 Å². The number of hydrogen-bond donors (Lipinski definition) is 1. The third kappa shape index (κ3) is 7.67. The van der Waals surface area contributed by atoms with Crippen molar-refractivity contribution in [1.82, 2.24) is 5.32 Å². The number of hydrogen-bond acceptors (Lipinski definition) is 4. The van der Waals surface area contributed by atoms with Gasteiger partial charge in [0.15, 0.2) is 23.0 Å². The van der Waals surface area contributed by atoms with Crippen molar-refractivity contribution in [3.63, 3.8) is 0 Å². The van der Waals surface area contributed by atoms with E-state index >= 15 is 0 Å². The minimum absolute atomic E-state index is 0.0969. The highest BCUT2D eigenvalue weighted by Crippen LogP contribution is 2.29. The third-order valence-electron chi connectivity index (χ3n) is 3.75. The fourth-order valence-corrected chi connectivity index (χ4v) is 2.39. The maximum atomic E-state index is 12.0. The minimum Gasteiger partial charge on any atom is -0.490 e. The summed E-state index contributed by atoms with van der Waals surface area (Å²) in [6.07, 6.45) is 2.62. The molecule has 2 aromatic carbocycles. The number of ether oxygens (including phenoxy) is 2. The molecule has 0 spiro atoms. The summed E-state index contributed by atoms with van der Waals surface area (Å²) in [5, 5.41) is 3.43. The van der Waals surface area contributed by atoms with Gasteiger partial charge >= 0.3 is 0 Å². The average molecular weight is 367 g/mol. The van der Waals surface area contributed by atoms with Crippen molar-refractivity contribution < 1.29 is 14.3 Å². The lowest BCUT2D eigenvalue weighted by Crippen LogP contribution is -2.36. The molecule has 0 aliphatic heterocycles. The number of rotatable bonds is 9. The summed E-state index contributed by atoms with van der Waals surface area (Å²) in [6, 6.07) is 17.1. The standard InChI is InChI=1S/C23H29NO3/c1-18(25)22(17-19-11-6-5-7-12-19)27-21-14-9-8-13-20(21)26-16-10-15-24-23(2,3)4/h5-9,11-14,17,24H,10,15-16H2,1-4H3/b22-17+. The number of allylic oxidation sites excluding steroid dienone is 1. The van der Waals surface area contributed by atoms with Crippen LogP contribution in [0.2, 0.25) is 0 Å². The Labute approximate surface area is 162 Å². The van der Waals surface area contributed by atoms with Crippen molar-refractivity contribution in [3.05, 3.63) is 65.9 Å².